The maximum absolute atomic E-state index is 3.66. The average molecular weight is 288 g/mol. The molecule has 0 spiro atoms. The highest BCUT2D eigenvalue weighted by atomic mass is 15.1. The van der Waals surface area contributed by atoms with Gasteiger partial charge < -0.3 is 5.32 Å². The summed E-state index contributed by atoms with van der Waals surface area (Å²) in [6, 6.07) is 9.83. The number of aryl methyl sites for hydroxylation is 1. The zero-order valence-corrected chi connectivity index (χ0v) is 14.1. The van der Waals surface area contributed by atoms with Gasteiger partial charge in [0.25, 0.3) is 0 Å². The third-order valence-electron chi connectivity index (χ3n) is 4.89. The highest BCUT2D eigenvalue weighted by Crippen LogP contribution is 2.22. The van der Waals surface area contributed by atoms with Crippen molar-refractivity contribution in [1.29, 1.82) is 0 Å². The molecule has 1 atom stereocenters. The number of rotatable bonds is 7. The van der Waals surface area contributed by atoms with Crippen molar-refractivity contribution in [2.45, 2.75) is 59.0 Å². The van der Waals surface area contributed by atoms with Gasteiger partial charge in [0.2, 0.25) is 0 Å². The van der Waals surface area contributed by atoms with Gasteiger partial charge in [-0.25, -0.2) is 0 Å². The molecular formula is C19H32N2. The van der Waals surface area contributed by atoms with Gasteiger partial charge in [-0.05, 0) is 69.3 Å². The Morgan fingerprint density at radius 1 is 1.10 bits per heavy atom. The van der Waals surface area contributed by atoms with Crippen molar-refractivity contribution in [1.82, 2.24) is 10.2 Å². The second-order valence-electron chi connectivity index (χ2n) is 6.53. The molecule has 1 fully saturated rings. The molecule has 1 aromatic carbocycles. The Bertz CT molecular complexity index is 391. The van der Waals surface area contributed by atoms with E-state index in [1.807, 2.05) is 0 Å². The van der Waals surface area contributed by atoms with E-state index in [4.69, 9.17) is 0 Å². The molecule has 0 aromatic heterocycles. The van der Waals surface area contributed by atoms with Crippen molar-refractivity contribution in [2.75, 3.05) is 19.6 Å². The molecule has 2 rings (SSSR count). The van der Waals surface area contributed by atoms with E-state index in [0.29, 0.717) is 6.04 Å². The summed E-state index contributed by atoms with van der Waals surface area (Å²) in [5.74, 6) is 0.857. The minimum Gasteiger partial charge on any atom is -0.314 e. The molecule has 0 bridgehead atoms. The molecular weight excluding hydrogens is 256 g/mol. The maximum atomic E-state index is 3.66. The number of nitrogens with zero attached hydrogens (tertiary/aromatic N) is 1. The molecule has 118 valence electrons. The van der Waals surface area contributed by atoms with E-state index in [-0.39, 0.29) is 0 Å². The van der Waals surface area contributed by atoms with Crippen LogP contribution in [0.15, 0.2) is 24.3 Å². The number of piperidine rings is 1. The first-order chi connectivity index (χ1) is 10.2. The number of hydrogen-bond donors (Lipinski definition) is 1. The molecule has 2 heteroatoms. The van der Waals surface area contributed by atoms with E-state index in [9.17, 15) is 0 Å². The normalized spacial score (nSPS) is 18.8. The summed E-state index contributed by atoms with van der Waals surface area (Å²) in [5.41, 5.74) is 2.90. The highest BCUT2D eigenvalue weighted by Gasteiger charge is 2.23. The maximum Gasteiger partial charge on any atom is 0.0233 e. The van der Waals surface area contributed by atoms with E-state index < -0.39 is 0 Å². The lowest BCUT2D eigenvalue weighted by Gasteiger charge is -2.35. The van der Waals surface area contributed by atoms with Gasteiger partial charge in [-0.2, -0.15) is 0 Å². The van der Waals surface area contributed by atoms with Crippen LogP contribution in [0.5, 0.6) is 0 Å². The second kappa shape index (κ2) is 8.55. The van der Waals surface area contributed by atoms with Crippen LogP contribution in [-0.2, 0) is 13.0 Å². The minimum atomic E-state index is 0.677. The molecule has 1 saturated heterocycles. The Balaban J connectivity index is 1.75. The average Bonchev–Trinajstić information content (AvgIpc) is 2.54. The molecule has 0 saturated carbocycles. The van der Waals surface area contributed by atoms with Crippen molar-refractivity contribution in [3.05, 3.63) is 35.4 Å². The van der Waals surface area contributed by atoms with Crippen LogP contribution in [0.1, 0.15) is 51.2 Å². The van der Waals surface area contributed by atoms with Crippen molar-refractivity contribution >= 4 is 0 Å². The van der Waals surface area contributed by atoms with Gasteiger partial charge in [0.1, 0.15) is 0 Å². The molecule has 21 heavy (non-hydrogen) atoms. The Kier molecular flexibility index (Phi) is 6.72. The molecule has 2 nitrogen and oxygen atoms in total. The summed E-state index contributed by atoms with van der Waals surface area (Å²) >= 11 is 0. The lowest BCUT2D eigenvalue weighted by molar-refractivity contribution is 0.156. The van der Waals surface area contributed by atoms with E-state index in [1.165, 1.54) is 43.5 Å². The lowest BCUT2D eigenvalue weighted by atomic mass is 9.90. The third-order valence-corrected chi connectivity index (χ3v) is 4.89. The zero-order valence-electron chi connectivity index (χ0n) is 14.1. The van der Waals surface area contributed by atoms with Crippen LogP contribution in [0.3, 0.4) is 0 Å². The van der Waals surface area contributed by atoms with E-state index in [2.05, 4.69) is 55.3 Å². The number of hydrogen-bond acceptors (Lipinski definition) is 2. The van der Waals surface area contributed by atoms with E-state index >= 15 is 0 Å². The molecule has 1 aliphatic heterocycles. The van der Waals surface area contributed by atoms with Crippen molar-refractivity contribution in [2.24, 2.45) is 5.92 Å². The second-order valence-corrected chi connectivity index (χ2v) is 6.53. The Morgan fingerprint density at radius 3 is 2.29 bits per heavy atom. The van der Waals surface area contributed by atoms with Crippen LogP contribution >= 0.6 is 0 Å². The fourth-order valence-electron chi connectivity index (χ4n) is 3.29. The van der Waals surface area contributed by atoms with Gasteiger partial charge in [-0.3, -0.25) is 4.90 Å². The van der Waals surface area contributed by atoms with Crippen LogP contribution in [0.4, 0.5) is 0 Å². The first-order valence-electron chi connectivity index (χ1n) is 8.76. The summed E-state index contributed by atoms with van der Waals surface area (Å²) in [6.07, 6.45) is 5.04. The van der Waals surface area contributed by atoms with E-state index in [0.717, 1.165) is 25.4 Å². The fourth-order valence-corrected chi connectivity index (χ4v) is 3.29. The topological polar surface area (TPSA) is 15.3 Å². The van der Waals surface area contributed by atoms with Crippen molar-refractivity contribution in [3.63, 3.8) is 0 Å². The predicted molar refractivity (Wildman–Crippen MR) is 91.6 cm³/mol. The number of benzene rings is 1. The Morgan fingerprint density at radius 2 is 1.71 bits per heavy atom. The van der Waals surface area contributed by atoms with Crippen molar-refractivity contribution in [3.8, 4) is 0 Å². The van der Waals surface area contributed by atoms with Crippen LogP contribution < -0.4 is 5.32 Å². The minimum absolute atomic E-state index is 0.677. The summed E-state index contributed by atoms with van der Waals surface area (Å²) < 4.78 is 0. The monoisotopic (exact) mass is 288 g/mol. The van der Waals surface area contributed by atoms with Gasteiger partial charge in [0.05, 0.1) is 0 Å². The summed E-state index contributed by atoms with van der Waals surface area (Å²) in [4.78, 5) is 2.62. The van der Waals surface area contributed by atoms with Crippen molar-refractivity contribution < 1.29 is 0 Å². The molecule has 1 aliphatic rings. The molecule has 1 aromatic rings. The van der Waals surface area contributed by atoms with Gasteiger partial charge >= 0.3 is 0 Å². The van der Waals surface area contributed by atoms with Crippen LogP contribution in [0.2, 0.25) is 0 Å². The molecule has 1 heterocycles. The van der Waals surface area contributed by atoms with Gasteiger partial charge in [0, 0.05) is 12.6 Å². The Labute approximate surface area is 130 Å². The summed E-state index contributed by atoms with van der Waals surface area (Å²) in [5, 5.41) is 3.66. The largest absolute Gasteiger partial charge is 0.314 e. The van der Waals surface area contributed by atoms with Gasteiger partial charge in [-0.15, -0.1) is 0 Å². The first-order valence-corrected chi connectivity index (χ1v) is 8.76. The molecule has 0 radical (unpaired) electrons. The zero-order chi connectivity index (χ0) is 15.1. The SMILES string of the molecule is CCCNC(C)C1CCN(Cc2ccc(CC)cc2)CC1. The Hall–Kier alpha value is -0.860. The molecule has 1 N–H and O–H groups in total. The van der Waals surface area contributed by atoms with Crippen LogP contribution in [0.25, 0.3) is 0 Å². The van der Waals surface area contributed by atoms with Gasteiger partial charge in [0.15, 0.2) is 0 Å². The first kappa shape index (κ1) is 16.5. The smallest absolute Gasteiger partial charge is 0.0233 e. The molecule has 0 aliphatic carbocycles. The molecule has 0 amide bonds. The number of likely N-dealkylation sites (tertiary alicyclic amines) is 1. The summed E-state index contributed by atoms with van der Waals surface area (Å²) in [6.45, 7) is 11.6. The van der Waals surface area contributed by atoms with E-state index in [1.54, 1.807) is 0 Å². The quantitative estimate of drug-likeness (QED) is 0.820. The van der Waals surface area contributed by atoms with Gasteiger partial charge in [-0.1, -0.05) is 38.1 Å². The molecule has 1 unspecified atom stereocenters. The standard InChI is InChI=1S/C19H32N2/c1-4-12-20-16(3)19-10-13-21(14-11-19)15-18-8-6-17(5-2)7-9-18/h6-9,16,19-20H,4-5,10-15H2,1-3H3. The van der Waals surface area contributed by atoms with Crippen LogP contribution in [0, 0.1) is 5.92 Å². The third kappa shape index (κ3) is 5.12. The summed E-state index contributed by atoms with van der Waals surface area (Å²) in [7, 11) is 0. The highest BCUT2D eigenvalue weighted by molar-refractivity contribution is 5.22. The lowest BCUT2D eigenvalue weighted by Crippen LogP contribution is -2.41. The fraction of sp³-hybridized carbons (Fsp3) is 0.684. The number of nitrogens with one attached hydrogen (secondary N) is 1. The van der Waals surface area contributed by atoms with Crippen LogP contribution in [-0.4, -0.2) is 30.6 Å². The predicted octanol–water partition coefficient (Wildman–Crippen LogP) is 3.85.